The van der Waals surface area contributed by atoms with Crippen molar-refractivity contribution in [3.8, 4) is 0 Å². The second-order valence-electron chi connectivity index (χ2n) is 4.50. The van der Waals surface area contributed by atoms with Crippen LogP contribution in [-0.4, -0.2) is 31.6 Å². The fourth-order valence-corrected chi connectivity index (χ4v) is 1.92. The lowest BCUT2D eigenvalue weighted by Gasteiger charge is -2.22. The van der Waals surface area contributed by atoms with Crippen LogP contribution in [0.15, 0.2) is 18.2 Å². The zero-order chi connectivity index (χ0) is 13.5. The van der Waals surface area contributed by atoms with E-state index in [1.807, 2.05) is 14.0 Å². The summed E-state index contributed by atoms with van der Waals surface area (Å²) >= 11 is 0. The second kappa shape index (κ2) is 7.44. The Morgan fingerprint density at radius 1 is 1.17 bits per heavy atom. The Kier molecular flexibility index (Phi) is 6.22. The van der Waals surface area contributed by atoms with Crippen LogP contribution in [0.5, 0.6) is 0 Å². The highest BCUT2D eigenvalue weighted by Crippen LogP contribution is 2.19. The first kappa shape index (κ1) is 15.1. The SMILES string of the molecule is CCNC(CCN(C)CC)c1cc(F)cc(F)c1. The van der Waals surface area contributed by atoms with Gasteiger partial charge in [-0.05, 0) is 50.8 Å². The molecule has 1 aromatic rings. The van der Waals surface area contributed by atoms with Gasteiger partial charge in [-0.3, -0.25) is 0 Å². The molecule has 0 saturated carbocycles. The van der Waals surface area contributed by atoms with Crippen LogP contribution in [0.2, 0.25) is 0 Å². The van der Waals surface area contributed by atoms with E-state index in [1.165, 1.54) is 12.1 Å². The standard InChI is InChI=1S/C14H22F2N2/c1-4-17-14(6-7-18(3)5-2)11-8-12(15)10-13(16)9-11/h8-10,14,17H,4-7H2,1-3H3. The van der Waals surface area contributed by atoms with E-state index in [1.54, 1.807) is 0 Å². The minimum atomic E-state index is -0.517. The zero-order valence-corrected chi connectivity index (χ0v) is 11.3. The summed E-state index contributed by atoms with van der Waals surface area (Å²) in [6.45, 7) is 6.72. The quantitative estimate of drug-likeness (QED) is 0.807. The summed E-state index contributed by atoms with van der Waals surface area (Å²) in [7, 11) is 2.04. The third-order valence-corrected chi connectivity index (χ3v) is 3.08. The molecule has 0 saturated heterocycles. The average molecular weight is 256 g/mol. The second-order valence-corrected chi connectivity index (χ2v) is 4.50. The van der Waals surface area contributed by atoms with Crippen LogP contribution in [0, 0.1) is 11.6 Å². The molecule has 102 valence electrons. The molecule has 0 fully saturated rings. The van der Waals surface area contributed by atoms with Crippen molar-refractivity contribution in [2.24, 2.45) is 0 Å². The van der Waals surface area contributed by atoms with Crippen molar-refractivity contribution in [3.05, 3.63) is 35.4 Å². The smallest absolute Gasteiger partial charge is 0.126 e. The molecule has 0 aromatic heterocycles. The number of nitrogens with one attached hydrogen (secondary N) is 1. The predicted molar refractivity (Wildman–Crippen MR) is 70.6 cm³/mol. The fourth-order valence-electron chi connectivity index (χ4n) is 1.92. The minimum Gasteiger partial charge on any atom is -0.310 e. The lowest BCUT2D eigenvalue weighted by molar-refractivity contribution is 0.322. The van der Waals surface area contributed by atoms with Crippen molar-refractivity contribution < 1.29 is 8.78 Å². The summed E-state index contributed by atoms with van der Waals surface area (Å²) in [6, 6.07) is 3.71. The molecule has 1 rings (SSSR count). The third-order valence-electron chi connectivity index (χ3n) is 3.08. The van der Waals surface area contributed by atoms with E-state index in [4.69, 9.17) is 0 Å². The van der Waals surface area contributed by atoms with Crippen molar-refractivity contribution in [1.82, 2.24) is 10.2 Å². The number of rotatable bonds is 7. The van der Waals surface area contributed by atoms with Crippen molar-refractivity contribution in [2.75, 3.05) is 26.7 Å². The molecule has 2 nitrogen and oxygen atoms in total. The maximum atomic E-state index is 13.2. The number of hydrogen-bond donors (Lipinski definition) is 1. The average Bonchev–Trinajstić information content (AvgIpc) is 2.32. The van der Waals surface area contributed by atoms with Gasteiger partial charge in [0.2, 0.25) is 0 Å². The molecule has 0 heterocycles. The third kappa shape index (κ3) is 4.70. The van der Waals surface area contributed by atoms with Crippen LogP contribution in [0.4, 0.5) is 8.78 Å². The summed E-state index contributed by atoms with van der Waals surface area (Å²) in [5.74, 6) is -1.03. The van der Waals surface area contributed by atoms with E-state index in [2.05, 4.69) is 17.1 Å². The van der Waals surface area contributed by atoms with Gasteiger partial charge in [0, 0.05) is 12.1 Å². The molecule has 0 aliphatic rings. The molecule has 0 amide bonds. The lowest BCUT2D eigenvalue weighted by Crippen LogP contribution is -2.27. The summed E-state index contributed by atoms with van der Waals surface area (Å²) in [4.78, 5) is 2.18. The summed E-state index contributed by atoms with van der Waals surface area (Å²) in [6.07, 6.45) is 0.834. The van der Waals surface area contributed by atoms with E-state index in [9.17, 15) is 8.78 Å². The fraction of sp³-hybridized carbons (Fsp3) is 0.571. The number of halogens is 2. The molecule has 0 spiro atoms. The first-order valence-corrected chi connectivity index (χ1v) is 6.44. The maximum absolute atomic E-state index is 13.2. The van der Waals surface area contributed by atoms with Gasteiger partial charge < -0.3 is 10.2 Å². The van der Waals surface area contributed by atoms with Gasteiger partial charge in [0.25, 0.3) is 0 Å². The number of hydrogen-bond acceptors (Lipinski definition) is 2. The van der Waals surface area contributed by atoms with Crippen LogP contribution in [0.1, 0.15) is 31.9 Å². The van der Waals surface area contributed by atoms with Crippen molar-refractivity contribution >= 4 is 0 Å². The van der Waals surface area contributed by atoms with Gasteiger partial charge in [0.05, 0.1) is 0 Å². The highest BCUT2D eigenvalue weighted by atomic mass is 19.1. The first-order valence-electron chi connectivity index (χ1n) is 6.44. The first-order chi connectivity index (χ1) is 8.56. The summed E-state index contributed by atoms with van der Waals surface area (Å²) < 4.78 is 26.4. The van der Waals surface area contributed by atoms with Crippen LogP contribution in [-0.2, 0) is 0 Å². The molecule has 0 aliphatic heterocycles. The monoisotopic (exact) mass is 256 g/mol. The molecule has 1 N–H and O–H groups in total. The topological polar surface area (TPSA) is 15.3 Å². The molecule has 1 aromatic carbocycles. The number of benzene rings is 1. The normalized spacial score (nSPS) is 13.0. The highest BCUT2D eigenvalue weighted by Gasteiger charge is 2.13. The van der Waals surface area contributed by atoms with Crippen LogP contribution in [0.25, 0.3) is 0 Å². The van der Waals surface area contributed by atoms with E-state index in [-0.39, 0.29) is 6.04 Å². The molecule has 1 unspecified atom stereocenters. The Hall–Kier alpha value is -1.00. The van der Waals surface area contributed by atoms with Gasteiger partial charge in [-0.1, -0.05) is 13.8 Å². The van der Waals surface area contributed by atoms with E-state index in [0.717, 1.165) is 32.1 Å². The molecular weight excluding hydrogens is 234 g/mol. The van der Waals surface area contributed by atoms with Gasteiger partial charge >= 0.3 is 0 Å². The van der Waals surface area contributed by atoms with Crippen LogP contribution in [0.3, 0.4) is 0 Å². The van der Waals surface area contributed by atoms with Crippen molar-refractivity contribution in [3.63, 3.8) is 0 Å². The van der Waals surface area contributed by atoms with Crippen LogP contribution >= 0.6 is 0 Å². The Morgan fingerprint density at radius 3 is 2.28 bits per heavy atom. The van der Waals surface area contributed by atoms with E-state index in [0.29, 0.717) is 5.56 Å². The highest BCUT2D eigenvalue weighted by molar-refractivity contribution is 5.21. The van der Waals surface area contributed by atoms with Gasteiger partial charge in [0.15, 0.2) is 0 Å². The summed E-state index contributed by atoms with van der Waals surface area (Å²) in [5.41, 5.74) is 0.679. The molecule has 0 bridgehead atoms. The Morgan fingerprint density at radius 2 is 1.78 bits per heavy atom. The minimum absolute atomic E-state index is 0.00537. The molecule has 4 heteroatoms. The Labute approximate surface area is 108 Å². The molecule has 0 aliphatic carbocycles. The Balaban J connectivity index is 2.76. The molecule has 1 atom stereocenters. The maximum Gasteiger partial charge on any atom is 0.126 e. The summed E-state index contributed by atoms with van der Waals surface area (Å²) in [5, 5.41) is 3.27. The van der Waals surface area contributed by atoms with Gasteiger partial charge in [-0.2, -0.15) is 0 Å². The van der Waals surface area contributed by atoms with Gasteiger partial charge in [0.1, 0.15) is 11.6 Å². The number of nitrogens with zero attached hydrogens (tertiary/aromatic N) is 1. The molecular formula is C14H22F2N2. The van der Waals surface area contributed by atoms with Gasteiger partial charge in [-0.25, -0.2) is 8.78 Å². The zero-order valence-electron chi connectivity index (χ0n) is 11.3. The van der Waals surface area contributed by atoms with Gasteiger partial charge in [-0.15, -0.1) is 0 Å². The molecule has 0 radical (unpaired) electrons. The van der Waals surface area contributed by atoms with Crippen molar-refractivity contribution in [1.29, 1.82) is 0 Å². The predicted octanol–water partition coefficient (Wildman–Crippen LogP) is 2.96. The lowest BCUT2D eigenvalue weighted by atomic mass is 10.0. The van der Waals surface area contributed by atoms with Crippen molar-refractivity contribution in [2.45, 2.75) is 26.3 Å². The van der Waals surface area contributed by atoms with Crippen LogP contribution < -0.4 is 5.32 Å². The largest absolute Gasteiger partial charge is 0.310 e. The molecule has 18 heavy (non-hydrogen) atoms. The Bertz CT molecular complexity index is 349. The van der Waals surface area contributed by atoms with E-state index >= 15 is 0 Å². The van der Waals surface area contributed by atoms with E-state index < -0.39 is 11.6 Å².